The second kappa shape index (κ2) is 5.30. The predicted molar refractivity (Wildman–Crippen MR) is 70.8 cm³/mol. The topological polar surface area (TPSA) is 69.6 Å². The summed E-state index contributed by atoms with van der Waals surface area (Å²) in [6.45, 7) is 4.37. The molecular formula is C14H18N2O3. The molecule has 0 aromatic heterocycles. The van der Waals surface area contributed by atoms with E-state index in [4.69, 9.17) is 5.11 Å². The third kappa shape index (κ3) is 2.86. The Morgan fingerprint density at radius 1 is 1.53 bits per heavy atom. The first-order valence-electron chi connectivity index (χ1n) is 6.33. The summed E-state index contributed by atoms with van der Waals surface area (Å²) in [5.74, 6) is -1.44. The maximum absolute atomic E-state index is 11.8. The molecule has 2 atom stereocenters. The summed E-state index contributed by atoms with van der Waals surface area (Å²) in [6.07, 6.45) is 0. The largest absolute Gasteiger partial charge is 0.481 e. The molecule has 0 aliphatic carbocycles. The lowest BCUT2D eigenvalue weighted by atomic mass is 10.0. The van der Waals surface area contributed by atoms with E-state index in [1.807, 2.05) is 31.2 Å². The van der Waals surface area contributed by atoms with Gasteiger partial charge in [-0.15, -0.1) is 0 Å². The number of aryl methyl sites for hydroxylation is 1. The van der Waals surface area contributed by atoms with Crippen LogP contribution in [0.2, 0.25) is 0 Å². The van der Waals surface area contributed by atoms with Gasteiger partial charge >= 0.3 is 12.0 Å². The molecule has 5 heteroatoms. The highest BCUT2D eigenvalue weighted by molar-refractivity contribution is 5.78. The van der Waals surface area contributed by atoms with Crippen LogP contribution in [0.15, 0.2) is 24.3 Å². The molecule has 0 bridgehead atoms. The van der Waals surface area contributed by atoms with Gasteiger partial charge in [-0.25, -0.2) is 4.79 Å². The van der Waals surface area contributed by atoms with E-state index in [9.17, 15) is 9.59 Å². The van der Waals surface area contributed by atoms with E-state index in [2.05, 4.69) is 5.32 Å². The Morgan fingerprint density at radius 2 is 2.21 bits per heavy atom. The van der Waals surface area contributed by atoms with E-state index < -0.39 is 11.9 Å². The Hall–Kier alpha value is -2.04. The summed E-state index contributed by atoms with van der Waals surface area (Å²) in [5, 5.41) is 11.8. The van der Waals surface area contributed by atoms with E-state index in [1.165, 1.54) is 0 Å². The van der Waals surface area contributed by atoms with Crippen LogP contribution >= 0.6 is 0 Å². The van der Waals surface area contributed by atoms with Gasteiger partial charge in [0, 0.05) is 13.1 Å². The number of aliphatic carboxylic acids is 1. The van der Waals surface area contributed by atoms with Crippen molar-refractivity contribution in [2.24, 2.45) is 5.92 Å². The van der Waals surface area contributed by atoms with Gasteiger partial charge in [0.05, 0.1) is 12.0 Å². The molecule has 1 saturated heterocycles. The molecule has 0 spiro atoms. The smallest absolute Gasteiger partial charge is 0.318 e. The molecular weight excluding hydrogens is 244 g/mol. The van der Waals surface area contributed by atoms with Crippen LogP contribution in [0.25, 0.3) is 0 Å². The van der Waals surface area contributed by atoms with Crippen molar-refractivity contribution in [2.75, 3.05) is 13.1 Å². The van der Waals surface area contributed by atoms with E-state index in [-0.39, 0.29) is 18.6 Å². The van der Waals surface area contributed by atoms with Crippen LogP contribution in [0.4, 0.5) is 4.79 Å². The van der Waals surface area contributed by atoms with Gasteiger partial charge in [0.1, 0.15) is 0 Å². The number of nitrogens with zero attached hydrogens (tertiary/aromatic N) is 1. The summed E-state index contributed by atoms with van der Waals surface area (Å²) in [4.78, 5) is 24.3. The van der Waals surface area contributed by atoms with Crippen molar-refractivity contribution in [3.63, 3.8) is 0 Å². The van der Waals surface area contributed by atoms with E-state index >= 15 is 0 Å². The number of nitrogens with one attached hydrogen (secondary N) is 1. The first kappa shape index (κ1) is 13.4. The van der Waals surface area contributed by atoms with Gasteiger partial charge in [0.2, 0.25) is 0 Å². The molecule has 1 aliphatic rings. The fraction of sp³-hybridized carbons (Fsp3) is 0.429. The van der Waals surface area contributed by atoms with Gasteiger partial charge in [0.25, 0.3) is 0 Å². The van der Waals surface area contributed by atoms with Crippen molar-refractivity contribution < 1.29 is 14.7 Å². The highest BCUT2D eigenvalue weighted by Crippen LogP contribution is 2.23. The molecule has 1 aromatic carbocycles. The maximum Gasteiger partial charge on any atom is 0.318 e. The fourth-order valence-corrected chi connectivity index (χ4v) is 2.31. The van der Waals surface area contributed by atoms with E-state index in [0.29, 0.717) is 6.54 Å². The average molecular weight is 262 g/mol. The number of carboxylic acids is 1. The molecule has 0 saturated carbocycles. The van der Waals surface area contributed by atoms with Gasteiger partial charge in [0.15, 0.2) is 0 Å². The first-order chi connectivity index (χ1) is 8.99. The van der Waals surface area contributed by atoms with Crippen LogP contribution in [0, 0.1) is 12.8 Å². The van der Waals surface area contributed by atoms with Gasteiger partial charge < -0.3 is 15.3 Å². The minimum atomic E-state index is -0.882. The molecule has 5 nitrogen and oxygen atoms in total. The molecule has 102 valence electrons. The Morgan fingerprint density at radius 3 is 2.84 bits per heavy atom. The number of rotatable bonds is 4. The number of benzene rings is 1. The van der Waals surface area contributed by atoms with Crippen molar-refractivity contribution in [3.05, 3.63) is 35.4 Å². The molecule has 2 unspecified atom stereocenters. The van der Waals surface area contributed by atoms with Gasteiger partial charge in [-0.3, -0.25) is 4.79 Å². The van der Waals surface area contributed by atoms with Crippen molar-refractivity contribution in [1.82, 2.24) is 10.2 Å². The fourth-order valence-electron chi connectivity index (χ4n) is 2.31. The monoisotopic (exact) mass is 262 g/mol. The number of hydrogen-bond acceptors (Lipinski definition) is 2. The molecule has 1 aliphatic heterocycles. The summed E-state index contributed by atoms with van der Waals surface area (Å²) in [6, 6.07) is 7.64. The van der Waals surface area contributed by atoms with Crippen molar-refractivity contribution >= 4 is 12.0 Å². The lowest BCUT2D eigenvalue weighted by Crippen LogP contribution is -2.34. The van der Waals surface area contributed by atoms with Crippen LogP contribution in [-0.4, -0.2) is 35.1 Å². The van der Waals surface area contributed by atoms with Crippen molar-refractivity contribution in [1.29, 1.82) is 0 Å². The molecule has 0 radical (unpaired) electrons. The standard InChI is InChI=1S/C14H18N2O3/c1-9-5-3-4-6-11(9)12-8-16(14(19)15-12)7-10(2)13(17)18/h3-6,10,12H,7-8H2,1-2H3,(H,15,19)(H,17,18). The highest BCUT2D eigenvalue weighted by Gasteiger charge is 2.32. The van der Waals surface area contributed by atoms with E-state index in [0.717, 1.165) is 11.1 Å². The maximum atomic E-state index is 11.8. The second-order valence-corrected chi connectivity index (χ2v) is 5.00. The minimum Gasteiger partial charge on any atom is -0.481 e. The van der Waals surface area contributed by atoms with Gasteiger partial charge in [-0.05, 0) is 18.1 Å². The summed E-state index contributed by atoms with van der Waals surface area (Å²) >= 11 is 0. The molecule has 2 amide bonds. The number of amides is 2. The van der Waals surface area contributed by atoms with Crippen LogP contribution in [-0.2, 0) is 4.79 Å². The lowest BCUT2D eigenvalue weighted by molar-refractivity contribution is -0.141. The van der Waals surface area contributed by atoms with Crippen LogP contribution < -0.4 is 5.32 Å². The molecule has 1 heterocycles. The zero-order valence-corrected chi connectivity index (χ0v) is 11.1. The Balaban J connectivity index is 2.07. The van der Waals surface area contributed by atoms with Gasteiger partial charge in [-0.1, -0.05) is 31.2 Å². The normalized spacial score (nSPS) is 20.2. The van der Waals surface area contributed by atoms with Crippen LogP contribution in [0.1, 0.15) is 24.1 Å². The summed E-state index contributed by atoms with van der Waals surface area (Å²) in [7, 11) is 0. The summed E-state index contributed by atoms with van der Waals surface area (Å²) in [5.41, 5.74) is 2.21. The summed E-state index contributed by atoms with van der Waals surface area (Å²) < 4.78 is 0. The quantitative estimate of drug-likeness (QED) is 0.869. The number of urea groups is 1. The van der Waals surface area contributed by atoms with Crippen molar-refractivity contribution in [2.45, 2.75) is 19.9 Å². The second-order valence-electron chi connectivity index (χ2n) is 5.00. The first-order valence-corrected chi connectivity index (χ1v) is 6.33. The molecule has 1 aromatic rings. The van der Waals surface area contributed by atoms with Crippen LogP contribution in [0.5, 0.6) is 0 Å². The molecule has 1 fully saturated rings. The molecule has 19 heavy (non-hydrogen) atoms. The molecule has 2 rings (SSSR count). The lowest BCUT2D eigenvalue weighted by Gasteiger charge is -2.17. The number of carbonyl (C=O) groups excluding carboxylic acids is 1. The Labute approximate surface area is 112 Å². The Kier molecular flexibility index (Phi) is 3.74. The van der Waals surface area contributed by atoms with Crippen molar-refractivity contribution in [3.8, 4) is 0 Å². The number of carboxylic acid groups (broad SMARTS) is 1. The van der Waals surface area contributed by atoms with E-state index in [1.54, 1.807) is 11.8 Å². The third-order valence-electron chi connectivity index (χ3n) is 3.47. The zero-order chi connectivity index (χ0) is 14.0. The number of hydrogen-bond donors (Lipinski definition) is 2. The third-order valence-corrected chi connectivity index (χ3v) is 3.47. The average Bonchev–Trinajstić information content (AvgIpc) is 2.71. The number of carbonyl (C=O) groups is 2. The predicted octanol–water partition coefficient (Wildman–Crippen LogP) is 1.78. The Bertz CT molecular complexity index is 501. The molecule has 2 N–H and O–H groups in total. The highest BCUT2D eigenvalue weighted by atomic mass is 16.4. The van der Waals surface area contributed by atoms with Crippen LogP contribution in [0.3, 0.4) is 0 Å². The SMILES string of the molecule is Cc1ccccc1C1CN(CC(C)C(=O)O)C(=O)N1. The zero-order valence-electron chi connectivity index (χ0n) is 11.1. The minimum absolute atomic E-state index is 0.0605. The van der Waals surface area contributed by atoms with Gasteiger partial charge in [-0.2, -0.15) is 0 Å².